The topological polar surface area (TPSA) is 49.8 Å². The summed E-state index contributed by atoms with van der Waals surface area (Å²) >= 11 is 1.74. The van der Waals surface area contributed by atoms with Gasteiger partial charge in [0.05, 0.1) is 10.2 Å². The van der Waals surface area contributed by atoms with E-state index >= 15 is 0 Å². The van der Waals surface area contributed by atoms with Crippen LogP contribution in [0, 0.1) is 18.8 Å². The summed E-state index contributed by atoms with van der Waals surface area (Å²) in [4.78, 5) is 8.74. The van der Waals surface area contributed by atoms with Crippen LogP contribution in [-0.4, -0.2) is 29.1 Å². The summed E-state index contributed by atoms with van der Waals surface area (Å²) in [6.45, 7) is 4.41. The molecule has 0 radical (unpaired) electrons. The molecule has 0 aromatic carbocycles. The lowest BCUT2D eigenvalue weighted by atomic mass is 10.3. The molecule has 17 heavy (non-hydrogen) atoms. The van der Waals surface area contributed by atoms with Crippen molar-refractivity contribution in [1.82, 2.24) is 15.3 Å². The first-order valence-electron chi connectivity index (χ1n) is 6.00. The Morgan fingerprint density at radius 3 is 3.00 bits per heavy atom. The number of aromatic nitrogens is 2. The van der Waals surface area contributed by atoms with E-state index in [4.69, 9.17) is 0 Å². The molecule has 2 N–H and O–H groups in total. The lowest BCUT2D eigenvalue weighted by Crippen LogP contribution is -2.21. The summed E-state index contributed by atoms with van der Waals surface area (Å²) in [5.74, 6) is 2.63. The van der Waals surface area contributed by atoms with E-state index in [1.54, 1.807) is 17.7 Å². The summed E-state index contributed by atoms with van der Waals surface area (Å²) in [6.07, 6.45) is 1.67. The molecule has 0 amide bonds. The molecule has 4 nitrogen and oxygen atoms in total. The maximum atomic E-state index is 4.40. The second-order valence-corrected chi connectivity index (χ2v) is 5.85. The average molecular weight is 246 g/mol. The fourth-order valence-electron chi connectivity index (χ4n) is 2.86. The highest BCUT2D eigenvalue weighted by Crippen LogP contribution is 2.44. The normalized spacial score (nSPS) is 30.5. The molecule has 1 aliphatic carbocycles. The predicted molar refractivity (Wildman–Crippen MR) is 69.4 cm³/mol. The van der Waals surface area contributed by atoms with Crippen molar-refractivity contribution in [1.29, 1.82) is 0 Å². The Hall–Kier alpha value is -1.20. The highest BCUT2D eigenvalue weighted by molar-refractivity contribution is 7.18. The SMILES string of the molecule is Cc1csc2c(NC3C4CNCC43)ncnc12. The molecule has 3 heterocycles. The van der Waals surface area contributed by atoms with E-state index in [9.17, 15) is 0 Å². The standard InChI is InChI=1S/C12H14N4S/c1-6-4-17-11-9(6)14-5-15-12(11)16-10-7-2-13-3-8(7)10/h4-5,7-8,10,13H,2-3H2,1H3,(H,14,15,16). The number of hydrogen-bond donors (Lipinski definition) is 2. The third-order valence-electron chi connectivity index (χ3n) is 3.93. The molecule has 1 saturated heterocycles. The molecule has 2 atom stereocenters. The van der Waals surface area contributed by atoms with E-state index in [2.05, 4.69) is 32.9 Å². The van der Waals surface area contributed by atoms with Crippen molar-refractivity contribution in [3.63, 3.8) is 0 Å². The number of aryl methyl sites for hydroxylation is 1. The largest absolute Gasteiger partial charge is 0.365 e. The molecule has 88 valence electrons. The van der Waals surface area contributed by atoms with Gasteiger partial charge in [0.25, 0.3) is 0 Å². The second kappa shape index (κ2) is 3.40. The Morgan fingerprint density at radius 1 is 1.35 bits per heavy atom. The van der Waals surface area contributed by atoms with E-state index in [1.165, 1.54) is 10.3 Å². The van der Waals surface area contributed by atoms with Crippen molar-refractivity contribution in [3.8, 4) is 0 Å². The number of hydrogen-bond acceptors (Lipinski definition) is 5. The molecule has 1 saturated carbocycles. The van der Waals surface area contributed by atoms with Crippen LogP contribution in [0.15, 0.2) is 11.7 Å². The first-order valence-corrected chi connectivity index (χ1v) is 6.88. The predicted octanol–water partition coefficient (Wildman–Crippen LogP) is 1.63. The van der Waals surface area contributed by atoms with Crippen LogP contribution in [0.25, 0.3) is 10.2 Å². The molecule has 4 rings (SSSR count). The molecule has 1 aliphatic heterocycles. The van der Waals surface area contributed by atoms with Gasteiger partial charge in [-0.15, -0.1) is 11.3 Å². The van der Waals surface area contributed by atoms with E-state index in [0.717, 1.165) is 36.3 Å². The Labute approximate surface area is 103 Å². The van der Waals surface area contributed by atoms with Crippen LogP contribution in [0.3, 0.4) is 0 Å². The van der Waals surface area contributed by atoms with Crippen molar-refractivity contribution in [3.05, 3.63) is 17.3 Å². The minimum Gasteiger partial charge on any atom is -0.365 e. The molecule has 5 heteroatoms. The monoisotopic (exact) mass is 246 g/mol. The summed E-state index contributed by atoms with van der Waals surface area (Å²) < 4.78 is 1.20. The average Bonchev–Trinajstić information content (AvgIpc) is 2.72. The van der Waals surface area contributed by atoms with Crippen LogP contribution in [0.2, 0.25) is 0 Å². The first-order chi connectivity index (χ1) is 8.34. The number of anilines is 1. The third-order valence-corrected chi connectivity index (χ3v) is 5.02. The summed E-state index contributed by atoms with van der Waals surface area (Å²) in [7, 11) is 0. The summed E-state index contributed by atoms with van der Waals surface area (Å²) in [5, 5.41) is 9.15. The van der Waals surface area contributed by atoms with Gasteiger partial charge in [-0.1, -0.05) is 0 Å². The Morgan fingerprint density at radius 2 is 2.18 bits per heavy atom. The molecular weight excluding hydrogens is 232 g/mol. The molecule has 2 fully saturated rings. The van der Waals surface area contributed by atoms with E-state index in [-0.39, 0.29) is 0 Å². The quantitative estimate of drug-likeness (QED) is 0.845. The lowest BCUT2D eigenvalue weighted by Gasteiger charge is -2.08. The fourth-order valence-corrected chi connectivity index (χ4v) is 3.82. The molecule has 2 unspecified atom stereocenters. The molecule has 2 aromatic rings. The molecule has 2 aliphatic rings. The molecule has 0 spiro atoms. The van der Waals surface area contributed by atoms with Gasteiger partial charge in [-0.2, -0.15) is 0 Å². The van der Waals surface area contributed by atoms with Gasteiger partial charge >= 0.3 is 0 Å². The Bertz CT molecular complexity index is 569. The number of rotatable bonds is 2. The highest BCUT2D eigenvalue weighted by atomic mass is 32.1. The molecule has 2 aromatic heterocycles. The van der Waals surface area contributed by atoms with Crippen molar-refractivity contribution in [2.75, 3.05) is 18.4 Å². The zero-order valence-corrected chi connectivity index (χ0v) is 10.4. The molecule has 0 bridgehead atoms. The van der Waals surface area contributed by atoms with Gasteiger partial charge < -0.3 is 10.6 Å². The van der Waals surface area contributed by atoms with E-state index in [0.29, 0.717) is 6.04 Å². The van der Waals surface area contributed by atoms with Crippen molar-refractivity contribution < 1.29 is 0 Å². The number of fused-ring (bicyclic) bond motifs is 2. The van der Waals surface area contributed by atoms with E-state index in [1.807, 2.05) is 0 Å². The van der Waals surface area contributed by atoms with Gasteiger partial charge in [0, 0.05) is 19.1 Å². The van der Waals surface area contributed by atoms with Gasteiger partial charge in [0.15, 0.2) is 0 Å². The van der Waals surface area contributed by atoms with Crippen molar-refractivity contribution in [2.24, 2.45) is 11.8 Å². The number of nitrogens with zero attached hydrogens (tertiary/aromatic N) is 2. The van der Waals surface area contributed by atoms with Gasteiger partial charge in [-0.05, 0) is 29.7 Å². The van der Waals surface area contributed by atoms with Crippen LogP contribution in [-0.2, 0) is 0 Å². The van der Waals surface area contributed by atoms with Crippen molar-refractivity contribution in [2.45, 2.75) is 13.0 Å². The lowest BCUT2D eigenvalue weighted by molar-refractivity contribution is 0.696. The zero-order valence-electron chi connectivity index (χ0n) is 9.60. The van der Waals surface area contributed by atoms with Crippen LogP contribution >= 0.6 is 11.3 Å². The second-order valence-electron chi connectivity index (χ2n) is 4.97. The van der Waals surface area contributed by atoms with Gasteiger partial charge in [0.1, 0.15) is 12.1 Å². The number of nitrogens with one attached hydrogen (secondary N) is 2. The zero-order chi connectivity index (χ0) is 11.4. The smallest absolute Gasteiger partial charge is 0.147 e. The maximum Gasteiger partial charge on any atom is 0.147 e. The maximum absolute atomic E-state index is 4.40. The Balaban J connectivity index is 1.67. The summed E-state index contributed by atoms with van der Waals surface area (Å²) in [5.41, 5.74) is 2.34. The first kappa shape index (κ1) is 9.79. The highest BCUT2D eigenvalue weighted by Gasteiger charge is 2.53. The van der Waals surface area contributed by atoms with Crippen LogP contribution in [0.4, 0.5) is 5.82 Å². The Kier molecular flexibility index (Phi) is 1.96. The van der Waals surface area contributed by atoms with Gasteiger partial charge in [-0.25, -0.2) is 9.97 Å². The molecular formula is C12H14N4S. The van der Waals surface area contributed by atoms with Gasteiger partial charge in [-0.3, -0.25) is 0 Å². The minimum atomic E-state index is 0.622. The van der Waals surface area contributed by atoms with Crippen LogP contribution in [0.1, 0.15) is 5.56 Å². The van der Waals surface area contributed by atoms with Crippen LogP contribution < -0.4 is 10.6 Å². The van der Waals surface area contributed by atoms with E-state index < -0.39 is 0 Å². The number of thiophene rings is 1. The van der Waals surface area contributed by atoms with Crippen LogP contribution in [0.5, 0.6) is 0 Å². The van der Waals surface area contributed by atoms with Gasteiger partial charge in [0.2, 0.25) is 0 Å². The number of piperidine rings is 1. The minimum absolute atomic E-state index is 0.622. The fraction of sp³-hybridized carbons (Fsp3) is 0.500. The third kappa shape index (κ3) is 1.39. The van der Waals surface area contributed by atoms with Crippen molar-refractivity contribution >= 4 is 27.4 Å². The summed E-state index contributed by atoms with van der Waals surface area (Å²) in [6, 6.07) is 0.622.